The van der Waals surface area contributed by atoms with Crippen LogP contribution in [0.1, 0.15) is 56.1 Å². The summed E-state index contributed by atoms with van der Waals surface area (Å²) in [6.45, 7) is 3.91. The zero-order valence-corrected chi connectivity index (χ0v) is 18.9. The molecule has 0 fully saturated rings. The monoisotopic (exact) mass is 435 g/mol. The lowest BCUT2D eigenvalue weighted by molar-refractivity contribution is -0.122. The molecule has 0 aromatic heterocycles. The number of amides is 1. The van der Waals surface area contributed by atoms with Crippen molar-refractivity contribution in [2.45, 2.75) is 51.0 Å². The number of hydrogen-bond acceptors (Lipinski definition) is 5. The first-order valence-corrected chi connectivity index (χ1v) is 10.9. The van der Waals surface area contributed by atoms with Crippen LogP contribution >= 0.6 is 0 Å². The van der Waals surface area contributed by atoms with Crippen molar-refractivity contribution in [3.63, 3.8) is 0 Å². The lowest BCUT2D eigenvalue weighted by Crippen LogP contribution is -2.38. The van der Waals surface area contributed by atoms with Crippen molar-refractivity contribution in [3.8, 4) is 17.2 Å². The number of ketones is 1. The maximum Gasteiger partial charge on any atom is 0.225 e. The number of hydrogen-bond donors (Lipinski definition) is 1. The van der Waals surface area contributed by atoms with Gasteiger partial charge < -0.3 is 19.5 Å². The summed E-state index contributed by atoms with van der Waals surface area (Å²) in [5.41, 5.74) is 3.37. The zero-order chi connectivity index (χ0) is 22.8. The highest BCUT2D eigenvalue weighted by molar-refractivity contribution is 6.02. The molecule has 168 valence electrons. The average molecular weight is 436 g/mol. The van der Waals surface area contributed by atoms with E-state index in [1.54, 1.807) is 14.2 Å². The summed E-state index contributed by atoms with van der Waals surface area (Å²) in [7, 11) is 3.22. The van der Waals surface area contributed by atoms with E-state index in [0.29, 0.717) is 29.9 Å². The van der Waals surface area contributed by atoms with Gasteiger partial charge in [-0.05, 0) is 61.6 Å². The number of ether oxygens (including phenoxy) is 3. The van der Waals surface area contributed by atoms with Crippen LogP contribution in [0.25, 0.3) is 0 Å². The Morgan fingerprint density at radius 1 is 0.906 bits per heavy atom. The van der Waals surface area contributed by atoms with Crippen molar-refractivity contribution >= 4 is 11.7 Å². The largest absolute Gasteiger partial charge is 0.497 e. The minimum Gasteiger partial charge on any atom is -0.497 e. The van der Waals surface area contributed by atoms with Crippen LogP contribution in [-0.4, -0.2) is 32.0 Å². The molecule has 0 spiro atoms. The highest BCUT2D eigenvalue weighted by Gasteiger charge is 2.38. The number of methoxy groups -OCH3 is 2. The third-order valence-corrected chi connectivity index (χ3v) is 6.05. The van der Waals surface area contributed by atoms with E-state index in [0.717, 1.165) is 22.6 Å². The smallest absolute Gasteiger partial charge is 0.225 e. The van der Waals surface area contributed by atoms with Gasteiger partial charge in [0.1, 0.15) is 5.75 Å². The summed E-state index contributed by atoms with van der Waals surface area (Å²) >= 11 is 0. The van der Waals surface area contributed by atoms with Crippen LogP contribution in [0.4, 0.5) is 0 Å². The minimum atomic E-state index is -0.292. The molecule has 2 aliphatic rings. The Morgan fingerprint density at radius 2 is 1.72 bits per heavy atom. The topological polar surface area (TPSA) is 73.9 Å². The standard InChI is InChI=1S/C26H29NO5/c1-15(2)32-23-9-8-17(13-24(23)31-4)20-14-25(29)27-21-11-18(12-22(28)26(20)21)16-6-5-7-19(10-16)30-3/h5-10,13,15,18,20H,11-12,14H2,1-4H3,(H,27,29). The van der Waals surface area contributed by atoms with Crippen molar-refractivity contribution in [2.75, 3.05) is 14.2 Å². The molecule has 2 unspecified atom stereocenters. The molecule has 1 heterocycles. The van der Waals surface area contributed by atoms with E-state index in [1.165, 1.54) is 0 Å². The molecule has 32 heavy (non-hydrogen) atoms. The molecule has 1 amide bonds. The lowest BCUT2D eigenvalue weighted by Gasteiger charge is -2.34. The molecule has 0 bridgehead atoms. The minimum absolute atomic E-state index is 0.00625. The molecule has 4 rings (SSSR count). The van der Waals surface area contributed by atoms with Gasteiger partial charge in [0.2, 0.25) is 5.91 Å². The maximum atomic E-state index is 13.3. The third kappa shape index (κ3) is 4.35. The van der Waals surface area contributed by atoms with Gasteiger partial charge in [-0.3, -0.25) is 9.59 Å². The fourth-order valence-electron chi connectivity index (χ4n) is 4.63. The van der Waals surface area contributed by atoms with Crippen LogP contribution in [0.2, 0.25) is 0 Å². The molecule has 1 aliphatic carbocycles. The van der Waals surface area contributed by atoms with Crippen molar-refractivity contribution in [1.82, 2.24) is 5.32 Å². The normalized spacial score (nSPS) is 20.7. The van der Waals surface area contributed by atoms with Gasteiger partial charge in [-0.15, -0.1) is 0 Å². The number of carbonyl (C=O) groups excluding carboxylic acids is 2. The number of nitrogens with one attached hydrogen (secondary N) is 1. The number of Topliss-reactive ketones (excluding diaryl/α,β-unsaturated/α-hetero) is 1. The highest BCUT2D eigenvalue weighted by atomic mass is 16.5. The Bertz CT molecular complexity index is 1070. The predicted octanol–water partition coefficient (Wildman–Crippen LogP) is 4.50. The molecule has 0 saturated carbocycles. The number of rotatable bonds is 6. The Labute approximate surface area is 188 Å². The van der Waals surface area contributed by atoms with Crippen molar-refractivity contribution in [3.05, 3.63) is 64.9 Å². The van der Waals surface area contributed by atoms with E-state index in [9.17, 15) is 9.59 Å². The Kier molecular flexibility index (Phi) is 6.21. The summed E-state index contributed by atoms with van der Waals surface area (Å²) in [5, 5.41) is 2.98. The summed E-state index contributed by atoms with van der Waals surface area (Å²) < 4.78 is 16.7. The lowest BCUT2D eigenvalue weighted by atomic mass is 9.73. The summed E-state index contributed by atoms with van der Waals surface area (Å²) in [4.78, 5) is 25.9. The fourth-order valence-corrected chi connectivity index (χ4v) is 4.63. The van der Waals surface area contributed by atoms with Gasteiger partial charge in [-0.25, -0.2) is 0 Å². The van der Waals surface area contributed by atoms with E-state index in [1.807, 2.05) is 56.3 Å². The van der Waals surface area contributed by atoms with E-state index >= 15 is 0 Å². The Hall–Kier alpha value is -3.28. The van der Waals surface area contributed by atoms with E-state index in [-0.39, 0.29) is 36.1 Å². The van der Waals surface area contributed by atoms with Gasteiger partial charge in [-0.1, -0.05) is 18.2 Å². The number of carbonyl (C=O) groups is 2. The van der Waals surface area contributed by atoms with Crippen LogP contribution < -0.4 is 19.5 Å². The van der Waals surface area contributed by atoms with Crippen LogP contribution in [0.5, 0.6) is 17.2 Å². The van der Waals surface area contributed by atoms with Crippen LogP contribution in [0.15, 0.2) is 53.7 Å². The quantitative estimate of drug-likeness (QED) is 0.723. The van der Waals surface area contributed by atoms with Gasteiger partial charge >= 0.3 is 0 Å². The Morgan fingerprint density at radius 3 is 2.44 bits per heavy atom. The highest BCUT2D eigenvalue weighted by Crippen LogP contribution is 2.44. The molecule has 6 heteroatoms. The zero-order valence-electron chi connectivity index (χ0n) is 18.9. The van der Waals surface area contributed by atoms with E-state index in [4.69, 9.17) is 14.2 Å². The van der Waals surface area contributed by atoms with Gasteiger partial charge in [-0.2, -0.15) is 0 Å². The molecular formula is C26H29NO5. The number of benzene rings is 2. The number of allylic oxidation sites excluding steroid dienone is 2. The molecule has 0 radical (unpaired) electrons. The first-order valence-electron chi connectivity index (χ1n) is 10.9. The maximum absolute atomic E-state index is 13.3. The van der Waals surface area contributed by atoms with Crippen molar-refractivity contribution < 1.29 is 23.8 Å². The molecule has 2 aromatic carbocycles. The fraction of sp³-hybridized carbons (Fsp3) is 0.385. The molecule has 1 aliphatic heterocycles. The summed E-state index contributed by atoms with van der Waals surface area (Å²) in [5.74, 6) is 1.72. The van der Waals surface area contributed by atoms with Crippen LogP contribution in [-0.2, 0) is 9.59 Å². The molecular weight excluding hydrogens is 406 g/mol. The van der Waals surface area contributed by atoms with Crippen molar-refractivity contribution in [2.24, 2.45) is 0 Å². The molecule has 2 aromatic rings. The van der Waals surface area contributed by atoms with Crippen LogP contribution in [0, 0.1) is 0 Å². The molecule has 6 nitrogen and oxygen atoms in total. The molecule has 2 atom stereocenters. The third-order valence-electron chi connectivity index (χ3n) is 6.05. The van der Waals surface area contributed by atoms with E-state index in [2.05, 4.69) is 5.32 Å². The van der Waals surface area contributed by atoms with Gasteiger partial charge in [0.05, 0.1) is 20.3 Å². The first kappa shape index (κ1) is 21.9. The SMILES string of the molecule is COc1cccc(C2CC(=O)C3=C(C2)NC(=O)CC3c2ccc(OC(C)C)c(OC)c2)c1. The molecule has 0 saturated heterocycles. The predicted molar refractivity (Wildman–Crippen MR) is 121 cm³/mol. The van der Waals surface area contributed by atoms with Gasteiger partial charge in [0.25, 0.3) is 0 Å². The summed E-state index contributed by atoms with van der Waals surface area (Å²) in [6.07, 6.45) is 1.27. The average Bonchev–Trinajstić information content (AvgIpc) is 2.78. The second kappa shape index (κ2) is 9.07. The summed E-state index contributed by atoms with van der Waals surface area (Å²) in [6, 6.07) is 13.4. The van der Waals surface area contributed by atoms with E-state index < -0.39 is 0 Å². The molecule has 1 N–H and O–H groups in total. The van der Waals surface area contributed by atoms with Crippen LogP contribution in [0.3, 0.4) is 0 Å². The first-order chi connectivity index (χ1) is 15.4. The second-order valence-electron chi connectivity index (χ2n) is 8.58. The van der Waals surface area contributed by atoms with Gasteiger partial charge in [0.15, 0.2) is 17.3 Å². The van der Waals surface area contributed by atoms with Gasteiger partial charge in [0, 0.05) is 30.0 Å². The Balaban J connectivity index is 1.68. The second-order valence-corrected chi connectivity index (χ2v) is 8.58. The van der Waals surface area contributed by atoms with Crippen molar-refractivity contribution in [1.29, 1.82) is 0 Å².